The van der Waals surface area contributed by atoms with E-state index in [1.807, 2.05) is 6.92 Å². The molecule has 38 heavy (non-hydrogen) atoms. The molecule has 0 N–H and O–H groups in total. The fourth-order valence-electron chi connectivity index (χ4n) is 3.65. The van der Waals surface area contributed by atoms with Crippen LogP contribution in [0, 0.1) is 20.2 Å². The lowest BCUT2D eigenvalue weighted by molar-refractivity contribution is -0.386. The van der Waals surface area contributed by atoms with Crippen molar-refractivity contribution >= 4 is 44.4 Å². The van der Waals surface area contributed by atoms with E-state index in [1.54, 1.807) is 18.2 Å². The molecule has 0 radical (unpaired) electrons. The van der Waals surface area contributed by atoms with Crippen LogP contribution in [0.2, 0.25) is 0 Å². The van der Waals surface area contributed by atoms with Crippen LogP contribution in [-0.2, 0) is 13.0 Å². The number of aromatic nitrogens is 2. The minimum absolute atomic E-state index is 0.0752. The number of benzene rings is 3. The van der Waals surface area contributed by atoms with Crippen molar-refractivity contribution in [3.63, 3.8) is 0 Å². The Morgan fingerprint density at radius 3 is 2.45 bits per heavy atom. The molecule has 0 saturated carbocycles. The summed E-state index contributed by atoms with van der Waals surface area (Å²) in [7, 11) is 1.34. The molecule has 3 aromatic carbocycles. The number of fused-ring (bicyclic) bond motifs is 1. The zero-order valence-electron chi connectivity index (χ0n) is 20.2. The smallest absolute Gasteiger partial charge is 0.315 e. The highest BCUT2D eigenvalue weighted by Gasteiger charge is 2.22. The Hall–Kier alpha value is -4.65. The average Bonchev–Trinajstić information content (AvgIpc) is 2.91. The molecule has 0 saturated heterocycles. The predicted molar refractivity (Wildman–Crippen MR) is 143 cm³/mol. The zero-order valence-corrected chi connectivity index (χ0v) is 21.7. The molecule has 0 fully saturated rings. The topological polar surface area (TPSA) is 152 Å². The number of nitrogens with zero attached hydrogens (tertiary/aromatic N) is 5. The molecule has 1 heterocycles. The van der Waals surface area contributed by atoms with Gasteiger partial charge in [-0.05, 0) is 42.0 Å². The van der Waals surface area contributed by atoms with Crippen LogP contribution in [0.5, 0.6) is 11.5 Å². The summed E-state index contributed by atoms with van der Waals surface area (Å²) in [6.07, 6.45) is 1.74. The lowest BCUT2D eigenvalue weighted by atomic mass is 10.1. The maximum Gasteiger partial charge on any atom is 0.315 e. The first-order chi connectivity index (χ1) is 18.2. The number of hydrogen-bond donors (Lipinski definition) is 0. The summed E-state index contributed by atoms with van der Waals surface area (Å²) in [4.78, 5) is 39.2. The summed E-state index contributed by atoms with van der Waals surface area (Å²) < 4.78 is 12.9. The number of nitro benzene ring substituents is 2. The van der Waals surface area contributed by atoms with Gasteiger partial charge in [-0.1, -0.05) is 22.9 Å². The molecule has 0 unspecified atom stereocenters. The van der Waals surface area contributed by atoms with E-state index in [9.17, 15) is 25.0 Å². The van der Waals surface area contributed by atoms with Crippen molar-refractivity contribution in [1.29, 1.82) is 0 Å². The monoisotopic (exact) mass is 581 g/mol. The van der Waals surface area contributed by atoms with Crippen LogP contribution in [-0.4, -0.2) is 32.8 Å². The quantitative estimate of drug-likeness (QED) is 0.152. The normalized spacial score (nSPS) is 11.1. The van der Waals surface area contributed by atoms with Gasteiger partial charge in [0.25, 0.3) is 11.2 Å². The fraction of sp³-hybridized carbons (Fsp3) is 0.160. The molecule has 194 valence electrons. The minimum Gasteiger partial charge on any atom is -0.493 e. The van der Waals surface area contributed by atoms with Crippen molar-refractivity contribution in [2.45, 2.75) is 20.0 Å². The van der Waals surface area contributed by atoms with E-state index in [4.69, 9.17) is 9.47 Å². The van der Waals surface area contributed by atoms with E-state index in [0.29, 0.717) is 38.7 Å². The highest BCUT2D eigenvalue weighted by molar-refractivity contribution is 9.10. The molecule has 0 aliphatic rings. The van der Waals surface area contributed by atoms with Crippen LogP contribution >= 0.6 is 15.9 Å². The van der Waals surface area contributed by atoms with Crippen molar-refractivity contribution in [3.8, 4) is 11.5 Å². The van der Waals surface area contributed by atoms with Crippen LogP contribution in [0.15, 0.2) is 69.0 Å². The molecule has 13 heteroatoms. The van der Waals surface area contributed by atoms with Crippen molar-refractivity contribution in [3.05, 3.63) is 107 Å². The van der Waals surface area contributed by atoms with Gasteiger partial charge < -0.3 is 9.47 Å². The van der Waals surface area contributed by atoms with Gasteiger partial charge in [-0.25, -0.2) is 4.98 Å². The molecule has 0 spiro atoms. The fourth-order valence-corrected chi connectivity index (χ4v) is 4.01. The number of non-ortho nitro benzene ring substituents is 1. The third-order valence-corrected chi connectivity index (χ3v) is 6.01. The molecule has 4 aromatic rings. The van der Waals surface area contributed by atoms with Crippen LogP contribution < -0.4 is 15.0 Å². The average molecular weight is 582 g/mol. The largest absolute Gasteiger partial charge is 0.493 e. The Kier molecular flexibility index (Phi) is 7.76. The van der Waals surface area contributed by atoms with Gasteiger partial charge in [0.1, 0.15) is 12.4 Å². The molecule has 0 amide bonds. The molecule has 0 aliphatic heterocycles. The number of rotatable bonds is 9. The Morgan fingerprint density at radius 1 is 1.08 bits per heavy atom. The summed E-state index contributed by atoms with van der Waals surface area (Å²) in [6, 6.07) is 13.5. The highest BCUT2D eigenvalue weighted by atomic mass is 79.9. The van der Waals surface area contributed by atoms with Gasteiger partial charge in [0, 0.05) is 34.7 Å². The van der Waals surface area contributed by atoms with Gasteiger partial charge in [-0.2, -0.15) is 9.78 Å². The van der Waals surface area contributed by atoms with Gasteiger partial charge in [0.15, 0.2) is 5.75 Å². The molecular weight excluding hydrogens is 562 g/mol. The number of methoxy groups -OCH3 is 1. The zero-order chi connectivity index (χ0) is 27.4. The summed E-state index contributed by atoms with van der Waals surface area (Å²) in [5.41, 5.74) is 0.554. The van der Waals surface area contributed by atoms with Crippen LogP contribution in [0.1, 0.15) is 23.9 Å². The Labute approximate surface area is 223 Å². The first kappa shape index (κ1) is 26.4. The van der Waals surface area contributed by atoms with Crippen LogP contribution in [0.25, 0.3) is 10.9 Å². The van der Waals surface area contributed by atoms with E-state index in [0.717, 1.165) is 4.68 Å². The first-order valence-corrected chi connectivity index (χ1v) is 12.0. The summed E-state index contributed by atoms with van der Waals surface area (Å²) >= 11 is 3.35. The molecular formula is C25H20BrN5O7. The second-order valence-corrected chi connectivity index (χ2v) is 8.86. The van der Waals surface area contributed by atoms with E-state index in [1.165, 1.54) is 49.7 Å². The molecule has 0 atom stereocenters. The van der Waals surface area contributed by atoms with Crippen molar-refractivity contribution < 1.29 is 19.3 Å². The number of halogens is 1. The Bertz CT molecular complexity index is 1630. The summed E-state index contributed by atoms with van der Waals surface area (Å²) in [5.74, 6) is 0.383. The maximum atomic E-state index is 13.1. The second-order valence-electron chi connectivity index (χ2n) is 7.95. The van der Waals surface area contributed by atoms with E-state index in [2.05, 4.69) is 26.0 Å². The van der Waals surface area contributed by atoms with Gasteiger partial charge in [0.05, 0.1) is 34.1 Å². The maximum absolute atomic E-state index is 13.1. The van der Waals surface area contributed by atoms with Gasteiger partial charge in [0.2, 0.25) is 5.75 Å². The SMILES string of the molecule is CCc1nc2ccc(Br)cc2c(=O)n1N=Cc1cc(OC)c(OCc2ccc([N+](=O)[O-])cc2)c([N+](=O)[O-])c1. The van der Waals surface area contributed by atoms with E-state index < -0.39 is 9.85 Å². The number of ether oxygens (including phenoxy) is 2. The molecule has 12 nitrogen and oxygen atoms in total. The lowest BCUT2D eigenvalue weighted by Gasteiger charge is -2.12. The summed E-state index contributed by atoms with van der Waals surface area (Å²) in [5, 5.41) is 27.3. The third kappa shape index (κ3) is 5.52. The van der Waals surface area contributed by atoms with Crippen LogP contribution in [0.4, 0.5) is 11.4 Å². The minimum atomic E-state index is -0.621. The molecule has 4 rings (SSSR count). The van der Waals surface area contributed by atoms with Gasteiger partial charge >= 0.3 is 5.69 Å². The third-order valence-electron chi connectivity index (χ3n) is 5.52. The van der Waals surface area contributed by atoms with Gasteiger partial charge in [-0.3, -0.25) is 25.0 Å². The Balaban J connectivity index is 1.69. The standard InChI is InChI=1S/C25H20BrN5O7/c1-3-23-28-20-9-6-17(26)12-19(20)25(32)29(23)27-13-16-10-21(31(35)36)24(22(11-16)37-2)38-14-15-4-7-18(8-5-15)30(33)34/h4-13H,3,14H2,1-2H3. The molecule has 0 bridgehead atoms. The molecule has 1 aromatic heterocycles. The van der Waals surface area contributed by atoms with Crippen molar-refractivity contribution in [2.24, 2.45) is 5.10 Å². The van der Waals surface area contributed by atoms with Crippen molar-refractivity contribution in [2.75, 3.05) is 7.11 Å². The van der Waals surface area contributed by atoms with Crippen LogP contribution in [0.3, 0.4) is 0 Å². The molecule has 0 aliphatic carbocycles. The van der Waals surface area contributed by atoms with Gasteiger partial charge in [-0.15, -0.1) is 0 Å². The number of hydrogen-bond acceptors (Lipinski definition) is 9. The lowest BCUT2D eigenvalue weighted by Crippen LogP contribution is -2.22. The number of nitro groups is 2. The summed E-state index contributed by atoms with van der Waals surface area (Å²) in [6.45, 7) is 1.75. The van der Waals surface area contributed by atoms with E-state index in [-0.39, 0.29) is 35.0 Å². The van der Waals surface area contributed by atoms with Crippen molar-refractivity contribution in [1.82, 2.24) is 9.66 Å². The van der Waals surface area contributed by atoms with E-state index >= 15 is 0 Å². The second kappa shape index (κ2) is 11.2. The first-order valence-electron chi connectivity index (χ1n) is 11.2. The predicted octanol–water partition coefficient (Wildman–Crippen LogP) is 5.01. The highest BCUT2D eigenvalue weighted by Crippen LogP contribution is 2.38. The Morgan fingerprint density at radius 2 is 1.82 bits per heavy atom. The number of aryl methyl sites for hydroxylation is 1.